The van der Waals surface area contributed by atoms with Crippen LogP contribution in [0.2, 0.25) is 0 Å². The molecule has 0 aliphatic carbocycles. The third kappa shape index (κ3) is 5.65. The molecular formula is C21H19N5O3. The molecule has 0 heterocycles. The second-order valence-electron chi connectivity index (χ2n) is 6.26. The summed E-state index contributed by atoms with van der Waals surface area (Å²) < 4.78 is 4.19. The van der Waals surface area contributed by atoms with Crippen molar-refractivity contribution in [2.45, 2.75) is 25.2 Å². The van der Waals surface area contributed by atoms with Gasteiger partial charge < -0.3 is 10.5 Å². The zero-order valence-corrected chi connectivity index (χ0v) is 15.8. The number of benzene rings is 2. The van der Waals surface area contributed by atoms with E-state index in [1.165, 1.54) is 0 Å². The second-order valence-corrected chi connectivity index (χ2v) is 6.26. The third-order valence-electron chi connectivity index (χ3n) is 4.27. The zero-order chi connectivity index (χ0) is 21.3. The van der Waals surface area contributed by atoms with E-state index in [0.29, 0.717) is 5.69 Å². The Bertz CT molecular complexity index is 988. The molecule has 2 rings (SSSR count). The smallest absolute Gasteiger partial charge is 0.376 e. The number of nitriles is 2. The van der Waals surface area contributed by atoms with E-state index >= 15 is 0 Å². The lowest BCUT2D eigenvalue weighted by atomic mass is 9.77. The first-order chi connectivity index (χ1) is 13.9. The molecule has 0 aliphatic rings. The molecule has 0 radical (unpaired) electrons. The first kappa shape index (κ1) is 21.1. The normalized spacial score (nSPS) is 12.7. The summed E-state index contributed by atoms with van der Waals surface area (Å²) in [5.41, 5.74) is 9.04. The number of esters is 1. The van der Waals surface area contributed by atoms with Crippen molar-refractivity contribution < 1.29 is 14.3 Å². The predicted molar refractivity (Wildman–Crippen MR) is 107 cm³/mol. The Labute approximate surface area is 168 Å². The van der Waals surface area contributed by atoms with Gasteiger partial charge in [0.1, 0.15) is 17.2 Å². The Balaban J connectivity index is 2.07. The molecule has 1 amide bonds. The molecule has 0 aromatic heterocycles. The van der Waals surface area contributed by atoms with Gasteiger partial charge in [0.25, 0.3) is 0 Å². The van der Waals surface area contributed by atoms with E-state index in [0.717, 1.165) is 11.1 Å². The van der Waals surface area contributed by atoms with Crippen LogP contribution in [0.25, 0.3) is 0 Å². The van der Waals surface area contributed by atoms with Crippen molar-refractivity contribution in [2.75, 3.05) is 5.43 Å². The van der Waals surface area contributed by atoms with E-state index in [-0.39, 0.29) is 18.6 Å². The van der Waals surface area contributed by atoms with Crippen molar-refractivity contribution in [3.63, 3.8) is 0 Å². The number of ether oxygens (including phenoxy) is 1. The minimum Gasteiger partial charge on any atom is -0.376 e. The molecule has 0 bridgehead atoms. The highest BCUT2D eigenvalue weighted by Crippen LogP contribution is 2.31. The maximum absolute atomic E-state index is 11.3. The lowest BCUT2D eigenvalue weighted by Gasteiger charge is -2.23. The van der Waals surface area contributed by atoms with Gasteiger partial charge in [-0.3, -0.25) is 10.2 Å². The number of nitrogens with one attached hydrogen (secondary N) is 1. The van der Waals surface area contributed by atoms with Crippen molar-refractivity contribution in [1.82, 2.24) is 0 Å². The highest BCUT2D eigenvalue weighted by atomic mass is 16.6. The van der Waals surface area contributed by atoms with Crippen LogP contribution in [0.15, 0.2) is 59.7 Å². The minimum atomic E-state index is -1.19. The summed E-state index contributed by atoms with van der Waals surface area (Å²) in [5.74, 6) is -0.832. The number of rotatable bonds is 7. The molecular weight excluding hydrogens is 370 g/mol. The molecule has 1 atom stereocenters. The molecule has 1 unspecified atom stereocenters. The summed E-state index contributed by atoms with van der Waals surface area (Å²) in [6.07, 6.45) is -1.40. The van der Waals surface area contributed by atoms with Crippen LogP contribution in [0, 0.1) is 22.7 Å². The first-order valence-electron chi connectivity index (χ1n) is 8.69. The quantitative estimate of drug-likeness (QED) is 0.322. The molecule has 29 heavy (non-hydrogen) atoms. The predicted octanol–water partition coefficient (Wildman–Crippen LogP) is 3.21. The van der Waals surface area contributed by atoms with E-state index in [1.807, 2.05) is 55.5 Å². The number of primary amides is 1. The summed E-state index contributed by atoms with van der Waals surface area (Å²) in [6, 6.07) is 20.8. The van der Waals surface area contributed by atoms with Crippen LogP contribution in [0.4, 0.5) is 10.5 Å². The number of hydrogen-bond donors (Lipinski definition) is 2. The average molecular weight is 389 g/mol. The fourth-order valence-corrected chi connectivity index (χ4v) is 2.60. The number of anilines is 1. The number of amides is 1. The summed E-state index contributed by atoms with van der Waals surface area (Å²) in [7, 11) is 0. The van der Waals surface area contributed by atoms with Gasteiger partial charge in [-0.05, 0) is 30.2 Å². The third-order valence-corrected chi connectivity index (χ3v) is 4.27. The average Bonchev–Trinajstić information content (AvgIpc) is 2.74. The van der Waals surface area contributed by atoms with Crippen LogP contribution in [0.5, 0.6) is 0 Å². The van der Waals surface area contributed by atoms with Crippen LogP contribution >= 0.6 is 0 Å². The van der Waals surface area contributed by atoms with Crippen LogP contribution in [-0.4, -0.2) is 17.8 Å². The Morgan fingerprint density at radius 1 is 1.07 bits per heavy atom. The number of hydrazone groups is 1. The number of nitrogens with two attached hydrogens (primary N) is 1. The first-order valence-corrected chi connectivity index (χ1v) is 8.69. The van der Waals surface area contributed by atoms with Gasteiger partial charge in [-0.2, -0.15) is 15.6 Å². The van der Waals surface area contributed by atoms with Crippen molar-refractivity contribution >= 4 is 23.5 Å². The van der Waals surface area contributed by atoms with Crippen LogP contribution in [0.3, 0.4) is 0 Å². The van der Waals surface area contributed by atoms with E-state index in [9.17, 15) is 14.9 Å². The number of carbonyl (C=O) groups is 2. The van der Waals surface area contributed by atoms with Gasteiger partial charge in [-0.15, -0.1) is 0 Å². The molecule has 0 fully saturated rings. The molecule has 0 saturated carbocycles. The van der Waals surface area contributed by atoms with Gasteiger partial charge in [0.15, 0.2) is 0 Å². The van der Waals surface area contributed by atoms with E-state index in [4.69, 9.17) is 11.0 Å². The Kier molecular flexibility index (Phi) is 7.05. The van der Waals surface area contributed by atoms with Gasteiger partial charge in [-0.25, -0.2) is 4.79 Å². The zero-order valence-electron chi connectivity index (χ0n) is 15.8. The van der Waals surface area contributed by atoms with Crippen molar-refractivity contribution in [3.8, 4) is 12.1 Å². The lowest BCUT2D eigenvalue weighted by Crippen LogP contribution is -2.21. The standard InChI is InChI=1S/C21H19N5O3/c1-21(14-23,15-5-3-2-4-6-15)16-7-9-17(10-8-16)25-26-18(13-22)11-12-19(27)29-20(24)28/h2-10,25H,11-12H2,1H3,(H2,24,28). The van der Waals surface area contributed by atoms with Gasteiger partial charge in [0, 0.05) is 6.42 Å². The number of nitrogens with zero attached hydrogens (tertiary/aromatic N) is 3. The monoisotopic (exact) mass is 389 g/mol. The highest BCUT2D eigenvalue weighted by Gasteiger charge is 2.28. The maximum atomic E-state index is 11.3. The molecule has 8 nitrogen and oxygen atoms in total. The van der Waals surface area contributed by atoms with Gasteiger partial charge in [0.05, 0.1) is 18.2 Å². The molecule has 0 aliphatic heterocycles. The van der Waals surface area contributed by atoms with E-state index in [1.54, 1.807) is 12.1 Å². The summed E-state index contributed by atoms with van der Waals surface area (Å²) >= 11 is 0. The number of hydrogen-bond acceptors (Lipinski definition) is 7. The largest absolute Gasteiger partial charge is 0.412 e. The minimum absolute atomic E-state index is 0.00575. The van der Waals surface area contributed by atoms with E-state index in [2.05, 4.69) is 21.3 Å². The fourth-order valence-electron chi connectivity index (χ4n) is 2.60. The SMILES string of the molecule is CC(C#N)(c1ccccc1)c1ccc(NN=C(C#N)CCC(=O)OC(N)=O)cc1. The van der Waals surface area contributed by atoms with Crippen LogP contribution in [0.1, 0.15) is 30.9 Å². The maximum Gasteiger partial charge on any atom is 0.412 e. The summed E-state index contributed by atoms with van der Waals surface area (Å²) in [6.45, 7) is 1.85. The molecule has 8 heteroatoms. The van der Waals surface area contributed by atoms with Crippen LogP contribution in [-0.2, 0) is 14.9 Å². The topological polar surface area (TPSA) is 141 Å². The van der Waals surface area contributed by atoms with Crippen LogP contribution < -0.4 is 11.2 Å². The second kappa shape index (κ2) is 9.67. The highest BCUT2D eigenvalue weighted by molar-refractivity contribution is 6.00. The molecule has 0 spiro atoms. The molecule has 3 N–H and O–H groups in total. The van der Waals surface area contributed by atoms with Crippen molar-refractivity contribution in [3.05, 3.63) is 65.7 Å². The molecule has 0 saturated heterocycles. The fraction of sp³-hybridized carbons (Fsp3) is 0.190. The number of carbonyl (C=O) groups excluding carboxylic acids is 2. The Morgan fingerprint density at radius 2 is 1.69 bits per heavy atom. The van der Waals surface area contributed by atoms with Crippen molar-refractivity contribution in [2.24, 2.45) is 10.8 Å². The Morgan fingerprint density at radius 3 is 2.24 bits per heavy atom. The molecule has 2 aromatic carbocycles. The van der Waals surface area contributed by atoms with Gasteiger partial charge in [0.2, 0.25) is 0 Å². The van der Waals surface area contributed by atoms with Crippen molar-refractivity contribution in [1.29, 1.82) is 10.5 Å². The summed E-state index contributed by atoms with van der Waals surface area (Å²) in [4.78, 5) is 21.8. The van der Waals surface area contributed by atoms with Gasteiger partial charge in [-0.1, -0.05) is 42.5 Å². The van der Waals surface area contributed by atoms with E-state index < -0.39 is 17.5 Å². The molecule has 2 aromatic rings. The Hall–Kier alpha value is -4.17. The lowest BCUT2D eigenvalue weighted by molar-refractivity contribution is -0.136. The summed E-state index contributed by atoms with van der Waals surface area (Å²) in [5, 5.41) is 22.8. The van der Waals surface area contributed by atoms with Gasteiger partial charge >= 0.3 is 12.1 Å². The molecule has 146 valence electrons.